The first kappa shape index (κ1) is 13.8. The Bertz CT molecular complexity index is 412. The zero-order valence-corrected chi connectivity index (χ0v) is 12.1. The SMILES string of the molecule is CC(C)[C@]1(C)CCN(Cc2cc(F)cc(Cl)c2)C1. The minimum atomic E-state index is -0.247. The van der Waals surface area contributed by atoms with Gasteiger partial charge in [0.15, 0.2) is 0 Å². The maximum absolute atomic E-state index is 13.3. The van der Waals surface area contributed by atoms with Crippen LogP contribution in [0.4, 0.5) is 4.39 Å². The Morgan fingerprint density at radius 2 is 2.11 bits per heavy atom. The Morgan fingerprint density at radius 1 is 1.39 bits per heavy atom. The number of nitrogens with zero attached hydrogens (tertiary/aromatic N) is 1. The van der Waals surface area contributed by atoms with E-state index in [-0.39, 0.29) is 5.82 Å². The zero-order valence-electron chi connectivity index (χ0n) is 11.3. The fraction of sp³-hybridized carbons (Fsp3) is 0.600. The molecule has 1 nitrogen and oxygen atoms in total. The minimum absolute atomic E-state index is 0.247. The second kappa shape index (κ2) is 5.18. The second-order valence-corrected chi connectivity index (χ2v) is 6.48. The number of benzene rings is 1. The summed E-state index contributed by atoms with van der Waals surface area (Å²) in [5.74, 6) is 0.432. The number of hydrogen-bond acceptors (Lipinski definition) is 1. The van der Waals surface area contributed by atoms with Crippen LogP contribution < -0.4 is 0 Å². The van der Waals surface area contributed by atoms with E-state index >= 15 is 0 Å². The Morgan fingerprint density at radius 3 is 2.67 bits per heavy atom. The molecule has 100 valence electrons. The van der Waals surface area contributed by atoms with Gasteiger partial charge < -0.3 is 0 Å². The summed E-state index contributed by atoms with van der Waals surface area (Å²) in [6.07, 6.45) is 1.22. The number of halogens is 2. The molecule has 1 aromatic rings. The first-order valence-electron chi connectivity index (χ1n) is 6.56. The molecule has 1 fully saturated rings. The van der Waals surface area contributed by atoms with Gasteiger partial charge in [0.1, 0.15) is 5.82 Å². The van der Waals surface area contributed by atoms with Crippen LogP contribution in [0.2, 0.25) is 5.02 Å². The largest absolute Gasteiger partial charge is 0.299 e. The molecule has 1 aliphatic heterocycles. The Labute approximate surface area is 114 Å². The molecule has 0 aromatic heterocycles. The highest BCUT2D eigenvalue weighted by atomic mass is 35.5. The Hall–Kier alpha value is -0.600. The van der Waals surface area contributed by atoms with E-state index in [1.165, 1.54) is 12.5 Å². The van der Waals surface area contributed by atoms with Gasteiger partial charge in [0.25, 0.3) is 0 Å². The quantitative estimate of drug-likeness (QED) is 0.789. The predicted octanol–water partition coefficient (Wildman–Crippen LogP) is 4.35. The average molecular weight is 270 g/mol. The van der Waals surface area contributed by atoms with Crippen LogP contribution in [-0.2, 0) is 6.54 Å². The van der Waals surface area contributed by atoms with Crippen molar-refractivity contribution in [2.24, 2.45) is 11.3 Å². The molecule has 0 bridgehead atoms. The maximum atomic E-state index is 13.3. The van der Waals surface area contributed by atoms with Crippen molar-refractivity contribution in [3.63, 3.8) is 0 Å². The van der Waals surface area contributed by atoms with E-state index < -0.39 is 0 Å². The molecule has 1 atom stereocenters. The molecule has 0 spiro atoms. The first-order valence-corrected chi connectivity index (χ1v) is 6.94. The summed E-state index contributed by atoms with van der Waals surface area (Å²) in [7, 11) is 0. The lowest BCUT2D eigenvalue weighted by Gasteiger charge is -2.29. The highest BCUT2D eigenvalue weighted by Crippen LogP contribution is 2.37. The highest BCUT2D eigenvalue weighted by molar-refractivity contribution is 6.30. The van der Waals surface area contributed by atoms with Crippen LogP contribution in [0.1, 0.15) is 32.8 Å². The first-order chi connectivity index (χ1) is 8.39. The lowest BCUT2D eigenvalue weighted by Crippen LogP contribution is -2.28. The normalized spacial score (nSPS) is 25.0. The van der Waals surface area contributed by atoms with Crippen LogP contribution in [-0.4, -0.2) is 18.0 Å². The van der Waals surface area contributed by atoms with E-state index in [1.807, 2.05) is 6.07 Å². The van der Waals surface area contributed by atoms with Crippen molar-refractivity contribution in [1.29, 1.82) is 0 Å². The standard InChI is InChI=1S/C15H21ClFN/c1-11(2)15(3)4-5-18(10-15)9-12-6-13(16)8-14(17)7-12/h6-8,11H,4-5,9-10H2,1-3H3/t15-/m1/s1. The molecule has 1 saturated heterocycles. The van der Waals surface area contributed by atoms with Crippen molar-refractivity contribution < 1.29 is 4.39 Å². The third-order valence-corrected chi connectivity index (χ3v) is 4.52. The molecule has 0 saturated carbocycles. The molecule has 0 aliphatic carbocycles. The van der Waals surface area contributed by atoms with Gasteiger partial charge in [-0.3, -0.25) is 4.90 Å². The van der Waals surface area contributed by atoms with E-state index in [2.05, 4.69) is 25.7 Å². The lowest BCUT2D eigenvalue weighted by atomic mass is 9.78. The summed E-state index contributed by atoms with van der Waals surface area (Å²) in [5.41, 5.74) is 1.35. The van der Waals surface area contributed by atoms with Gasteiger partial charge in [-0.05, 0) is 48.1 Å². The number of rotatable bonds is 3. The van der Waals surface area contributed by atoms with Crippen molar-refractivity contribution in [2.45, 2.75) is 33.7 Å². The zero-order chi connectivity index (χ0) is 13.3. The predicted molar refractivity (Wildman–Crippen MR) is 74.2 cm³/mol. The summed E-state index contributed by atoms with van der Waals surface area (Å²) in [6.45, 7) is 9.86. The Balaban J connectivity index is 2.03. The van der Waals surface area contributed by atoms with Crippen molar-refractivity contribution in [3.05, 3.63) is 34.6 Å². The van der Waals surface area contributed by atoms with Crippen LogP contribution >= 0.6 is 11.6 Å². The summed E-state index contributed by atoms with van der Waals surface area (Å²) in [5, 5.41) is 0.482. The lowest BCUT2D eigenvalue weighted by molar-refractivity contribution is 0.206. The van der Waals surface area contributed by atoms with Gasteiger partial charge in [0.2, 0.25) is 0 Å². The summed E-state index contributed by atoms with van der Waals surface area (Å²) in [6, 6.07) is 4.79. The van der Waals surface area contributed by atoms with E-state index in [0.717, 1.165) is 25.2 Å². The van der Waals surface area contributed by atoms with Crippen molar-refractivity contribution in [3.8, 4) is 0 Å². The fourth-order valence-electron chi connectivity index (χ4n) is 2.65. The van der Waals surface area contributed by atoms with Gasteiger partial charge >= 0.3 is 0 Å². The molecule has 18 heavy (non-hydrogen) atoms. The maximum Gasteiger partial charge on any atom is 0.125 e. The monoisotopic (exact) mass is 269 g/mol. The van der Waals surface area contributed by atoms with Crippen LogP contribution in [0.5, 0.6) is 0 Å². The number of likely N-dealkylation sites (tertiary alicyclic amines) is 1. The topological polar surface area (TPSA) is 3.24 Å². The molecule has 3 heteroatoms. The summed E-state index contributed by atoms with van der Waals surface area (Å²) < 4.78 is 13.3. The average Bonchev–Trinajstić information content (AvgIpc) is 2.60. The molecule has 1 aromatic carbocycles. The van der Waals surface area contributed by atoms with Gasteiger partial charge in [-0.25, -0.2) is 4.39 Å². The molecule has 0 unspecified atom stereocenters. The van der Waals surface area contributed by atoms with E-state index in [4.69, 9.17) is 11.6 Å². The fourth-order valence-corrected chi connectivity index (χ4v) is 2.89. The van der Waals surface area contributed by atoms with Gasteiger partial charge in [-0.1, -0.05) is 32.4 Å². The van der Waals surface area contributed by atoms with Crippen molar-refractivity contribution in [2.75, 3.05) is 13.1 Å². The number of hydrogen-bond donors (Lipinski definition) is 0. The van der Waals surface area contributed by atoms with E-state index in [1.54, 1.807) is 6.07 Å². The Kier molecular flexibility index (Phi) is 3.98. The molecular weight excluding hydrogens is 249 g/mol. The minimum Gasteiger partial charge on any atom is -0.299 e. The van der Waals surface area contributed by atoms with Crippen molar-refractivity contribution in [1.82, 2.24) is 4.90 Å². The van der Waals surface area contributed by atoms with Gasteiger partial charge in [0, 0.05) is 18.1 Å². The van der Waals surface area contributed by atoms with E-state index in [9.17, 15) is 4.39 Å². The van der Waals surface area contributed by atoms with Crippen LogP contribution in [0.15, 0.2) is 18.2 Å². The molecule has 0 radical (unpaired) electrons. The van der Waals surface area contributed by atoms with E-state index in [0.29, 0.717) is 16.4 Å². The van der Waals surface area contributed by atoms with Crippen molar-refractivity contribution >= 4 is 11.6 Å². The molecule has 1 heterocycles. The molecular formula is C15H21ClFN. The smallest absolute Gasteiger partial charge is 0.125 e. The van der Waals surface area contributed by atoms with Gasteiger partial charge in [0.05, 0.1) is 0 Å². The highest BCUT2D eigenvalue weighted by Gasteiger charge is 2.36. The molecule has 2 rings (SSSR count). The third-order valence-electron chi connectivity index (χ3n) is 4.31. The summed E-state index contributed by atoms with van der Waals surface area (Å²) in [4.78, 5) is 2.39. The molecule has 0 N–H and O–H groups in total. The van der Waals surface area contributed by atoms with Crippen LogP contribution in [0, 0.1) is 17.2 Å². The van der Waals surface area contributed by atoms with Crippen LogP contribution in [0.25, 0.3) is 0 Å². The van der Waals surface area contributed by atoms with Crippen LogP contribution in [0.3, 0.4) is 0 Å². The third kappa shape index (κ3) is 3.04. The second-order valence-electron chi connectivity index (χ2n) is 6.05. The molecule has 0 amide bonds. The molecule has 1 aliphatic rings. The van der Waals surface area contributed by atoms with Gasteiger partial charge in [-0.2, -0.15) is 0 Å². The summed E-state index contributed by atoms with van der Waals surface area (Å²) >= 11 is 5.88. The van der Waals surface area contributed by atoms with Gasteiger partial charge in [-0.15, -0.1) is 0 Å².